The van der Waals surface area contributed by atoms with Crippen molar-refractivity contribution in [2.75, 3.05) is 20.1 Å². The largest absolute Gasteiger partial charge is 0.303 e. The van der Waals surface area contributed by atoms with Gasteiger partial charge in [-0.05, 0) is 52.2 Å². The van der Waals surface area contributed by atoms with Crippen molar-refractivity contribution in [3.05, 3.63) is 0 Å². The summed E-state index contributed by atoms with van der Waals surface area (Å²) in [5.74, 6) is 0. The van der Waals surface area contributed by atoms with E-state index in [0.717, 1.165) is 38.8 Å². The Morgan fingerprint density at radius 1 is 1.44 bits per heavy atom. The maximum atomic E-state index is 9.34. The van der Waals surface area contributed by atoms with E-state index < -0.39 is 0 Å². The van der Waals surface area contributed by atoms with Gasteiger partial charge in [-0.15, -0.1) is 0 Å². The summed E-state index contributed by atoms with van der Waals surface area (Å²) >= 11 is 0. The van der Waals surface area contributed by atoms with E-state index in [1.165, 1.54) is 6.42 Å². The van der Waals surface area contributed by atoms with Crippen molar-refractivity contribution in [3.8, 4) is 6.07 Å². The Morgan fingerprint density at radius 3 is 2.75 bits per heavy atom. The molecule has 1 aliphatic carbocycles. The summed E-state index contributed by atoms with van der Waals surface area (Å²) in [7, 11) is 2.18. The van der Waals surface area contributed by atoms with E-state index in [1.54, 1.807) is 0 Å². The zero-order chi connectivity index (χ0) is 12.0. The summed E-state index contributed by atoms with van der Waals surface area (Å²) in [6.45, 7) is 6.45. The van der Waals surface area contributed by atoms with Crippen molar-refractivity contribution in [3.63, 3.8) is 0 Å². The fraction of sp³-hybridized carbons (Fsp3) is 0.923. The lowest BCUT2D eigenvalue weighted by Crippen LogP contribution is -2.43. The molecule has 0 radical (unpaired) electrons. The predicted octanol–water partition coefficient (Wildman–Crippen LogP) is 2.14. The number of nitriles is 1. The Kier molecular flexibility index (Phi) is 5.24. The first-order valence-electron chi connectivity index (χ1n) is 6.54. The average molecular weight is 223 g/mol. The fourth-order valence-corrected chi connectivity index (χ4v) is 2.60. The van der Waals surface area contributed by atoms with Gasteiger partial charge in [-0.25, -0.2) is 0 Å². The van der Waals surface area contributed by atoms with Crippen LogP contribution in [0, 0.1) is 11.3 Å². The molecule has 0 aromatic heterocycles. The lowest BCUT2D eigenvalue weighted by Gasteiger charge is -2.26. The normalized spacial score (nSPS) is 29.6. The molecular formula is C13H25N3. The molecular weight excluding hydrogens is 198 g/mol. The Bertz CT molecular complexity index is 246. The molecule has 1 saturated carbocycles. The van der Waals surface area contributed by atoms with E-state index >= 15 is 0 Å². The van der Waals surface area contributed by atoms with Gasteiger partial charge in [0.25, 0.3) is 0 Å². The maximum absolute atomic E-state index is 9.34. The van der Waals surface area contributed by atoms with Crippen molar-refractivity contribution < 1.29 is 0 Å². The Balaban J connectivity index is 2.51. The number of hydrogen-bond acceptors (Lipinski definition) is 3. The molecule has 1 rings (SSSR count). The Labute approximate surface area is 99.8 Å². The van der Waals surface area contributed by atoms with Gasteiger partial charge in [0.2, 0.25) is 0 Å². The number of hydrogen-bond donors (Lipinski definition) is 1. The smallest absolute Gasteiger partial charge is 0.108 e. The van der Waals surface area contributed by atoms with Gasteiger partial charge in [-0.1, -0.05) is 13.8 Å². The van der Waals surface area contributed by atoms with Crippen LogP contribution in [0.1, 0.15) is 46.0 Å². The molecule has 0 bridgehead atoms. The minimum Gasteiger partial charge on any atom is -0.303 e. The summed E-state index contributed by atoms with van der Waals surface area (Å²) in [6.07, 6.45) is 5.43. The van der Waals surface area contributed by atoms with Crippen LogP contribution in [0.4, 0.5) is 0 Å². The van der Waals surface area contributed by atoms with E-state index in [1.807, 2.05) is 0 Å². The summed E-state index contributed by atoms with van der Waals surface area (Å²) in [5.41, 5.74) is -0.247. The second-order valence-electron chi connectivity index (χ2n) is 5.00. The van der Waals surface area contributed by atoms with Gasteiger partial charge < -0.3 is 4.90 Å². The molecule has 16 heavy (non-hydrogen) atoms. The molecule has 1 fully saturated rings. The standard InChI is InChI=1S/C13H25N3/c1-4-8-15-13(11-14)7-6-12(10-13)16(3)9-5-2/h12,15H,4-10H2,1-3H3. The van der Waals surface area contributed by atoms with Gasteiger partial charge in [-0.2, -0.15) is 5.26 Å². The highest BCUT2D eigenvalue weighted by Crippen LogP contribution is 2.32. The molecule has 92 valence electrons. The summed E-state index contributed by atoms with van der Waals surface area (Å²) in [6, 6.07) is 3.09. The number of nitrogens with zero attached hydrogens (tertiary/aromatic N) is 2. The highest BCUT2D eigenvalue weighted by molar-refractivity contribution is 5.13. The van der Waals surface area contributed by atoms with Gasteiger partial charge in [0.15, 0.2) is 0 Å². The van der Waals surface area contributed by atoms with Crippen molar-refractivity contribution in [2.45, 2.75) is 57.5 Å². The molecule has 0 saturated heterocycles. The van der Waals surface area contributed by atoms with Gasteiger partial charge in [0, 0.05) is 6.04 Å². The van der Waals surface area contributed by atoms with Crippen LogP contribution < -0.4 is 5.32 Å². The molecule has 0 aromatic rings. The quantitative estimate of drug-likeness (QED) is 0.750. The van der Waals surface area contributed by atoms with Gasteiger partial charge in [0.05, 0.1) is 6.07 Å². The third-order valence-corrected chi connectivity index (χ3v) is 3.62. The van der Waals surface area contributed by atoms with E-state index in [9.17, 15) is 5.26 Å². The van der Waals surface area contributed by atoms with Crippen LogP contribution >= 0.6 is 0 Å². The second kappa shape index (κ2) is 6.22. The zero-order valence-corrected chi connectivity index (χ0v) is 10.9. The average Bonchev–Trinajstić information content (AvgIpc) is 2.72. The molecule has 3 heteroatoms. The van der Waals surface area contributed by atoms with Gasteiger partial charge >= 0.3 is 0 Å². The summed E-state index contributed by atoms with van der Waals surface area (Å²) in [5, 5.41) is 12.8. The van der Waals surface area contributed by atoms with Crippen molar-refractivity contribution in [1.29, 1.82) is 5.26 Å². The molecule has 0 aliphatic heterocycles. The highest BCUT2D eigenvalue weighted by Gasteiger charge is 2.40. The van der Waals surface area contributed by atoms with Crippen LogP contribution in [0.2, 0.25) is 0 Å². The second-order valence-corrected chi connectivity index (χ2v) is 5.00. The predicted molar refractivity (Wildman–Crippen MR) is 67.2 cm³/mol. The topological polar surface area (TPSA) is 39.1 Å². The highest BCUT2D eigenvalue weighted by atomic mass is 15.1. The Morgan fingerprint density at radius 2 is 2.19 bits per heavy atom. The molecule has 0 spiro atoms. The molecule has 0 heterocycles. The van der Waals surface area contributed by atoms with E-state index in [-0.39, 0.29) is 5.54 Å². The van der Waals surface area contributed by atoms with Crippen LogP contribution in [-0.4, -0.2) is 36.6 Å². The SMILES string of the molecule is CCCNC1(C#N)CCC(N(C)CCC)C1. The molecule has 2 atom stereocenters. The zero-order valence-electron chi connectivity index (χ0n) is 10.9. The lowest BCUT2D eigenvalue weighted by molar-refractivity contribution is 0.236. The van der Waals surface area contributed by atoms with Gasteiger partial charge in [-0.3, -0.25) is 5.32 Å². The minimum atomic E-state index is -0.247. The summed E-state index contributed by atoms with van der Waals surface area (Å²) in [4.78, 5) is 2.41. The maximum Gasteiger partial charge on any atom is 0.108 e. The van der Waals surface area contributed by atoms with Gasteiger partial charge in [0.1, 0.15) is 5.54 Å². The summed E-state index contributed by atoms with van der Waals surface area (Å²) < 4.78 is 0. The molecule has 1 N–H and O–H groups in total. The first-order chi connectivity index (χ1) is 7.67. The van der Waals surface area contributed by atoms with Crippen LogP contribution in [0.15, 0.2) is 0 Å². The number of nitrogens with one attached hydrogen (secondary N) is 1. The first-order valence-corrected chi connectivity index (χ1v) is 6.54. The third-order valence-electron chi connectivity index (χ3n) is 3.62. The molecule has 2 unspecified atom stereocenters. The minimum absolute atomic E-state index is 0.247. The van der Waals surface area contributed by atoms with Crippen LogP contribution in [0.5, 0.6) is 0 Å². The van der Waals surface area contributed by atoms with Crippen molar-refractivity contribution in [2.24, 2.45) is 0 Å². The molecule has 0 amide bonds. The monoisotopic (exact) mass is 223 g/mol. The Hall–Kier alpha value is -0.590. The van der Waals surface area contributed by atoms with E-state index in [0.29, 0.717) is 6.04 Å². The molecule has 1 aliphatic rings. The molecule has 0 aromatic carbocycles. The van der Waals surface area contributed by atoms with Crippen LogP contribution in [-0.2, 0) is 0 Å². The first kappa shape index (κ1) is 13.5. The van der Waals surface area contributed by atoms with Crippen molar-refractivity contribution in [1.82, 2.24) is 10.2 Å². The van der Waals surface area contributed by atoms with Crippen molar-refractivity contribution >= 4 is 0 Å². The lowest BCUT2D eigenvalue weighted by atomic mass is 9.99. The third kappa shape index (κ3) is 3.20. The van der Waals surface area contributed by atoms with E-state index in [2.05, 4.69) is 37.2 Å². The van der Waals surface area contributed by atoms with Crippen LogP contribution in [0.3, 0.4) is 0 Å². The fourth-order valence-electron chi connectivity index (χ4n) is 2.60. The van der Waals surface area contributed by atoms with E-state index in [4.69, 9.17) is 0 Å². The van der Waals surface area contributed by atoms with Crippen LogP contribution in [0.25, 0.3) is 0 Å². The molecule has 3 nitrogen and oxygen atoms in total. The number of rotatable bonds is 6.